The normalized spacial score (nSPS) is 31.8. The first kappa shape index (κ1) is 11.0. The molecule has 0 aromatic heterocycles. The van der Waals surface area contributed by atoms with E-state index < -0.39 is 0 Å². The molecule has 0 aliphatic carbocycles. The Morgan fingerprint density at radius 2 is 2.08 bits per heavy atom. The summed E-state index contributed by atoms with van der Waals surface area (Å²) in [6.07, 6.45) is 3.66. The van der Waals surface area contributed by atoms with Crippen molar-refractivity contribution < 1.29 is 4.74 Å². The van der Waals surface area contributed by atoms with Crippen LogP contribution in [-0.2, 0) is 4.74 Å². The highest BCUT2D eigenvalue weighted by Gasteiger charge is 2.41. The van der Waals surface area contributed by atoms with Gasteiger partial charge in [-0.15, -0.1) is 12.4 Å². The maximum absolute atomic E-state index is 5.96. The molecule has 2 saturated heterocycles. The third kappa shape index (κ3) is 2.06. The summed E-state index contributed by atoms with van der Waals surface area (Å²) in [5, 5.41) is 3.36. The second-order valence-corrected chi connectivity index (χ2v) is 4.03. The Labute approximate surface area is 86.1 Å². The Morgan fingerprint density at radius 1 is 1.46 bits per heavy atom. The highest BCUT2D eigenvalue weighted by Crippen LogP contribution is 2.39. The second-order valence-electron chi connectivity index (χ2n) is 4.03. The number of ether oxygens (including phenoxy) is 1. The van der Waals surface area contributed by atoms with E-state index in [1.807, 2.05) is 0 Å². The van der Waals surface area contributed by atoms with Gasteiger partial charge in [-0.1, -0.05) is 6.58 Å². The van der Waals surface area contributed by atoms with E-state index in [0.29, 0.717) is 0 Å². The van der Waals surface area contributed by atoms with Crippen LogP contribution in [0.5, 0.6) is 0 Å². The van der Waals surface area contributed by atoms with E-state index in [-0.39, 0.29) is 24.1 Å². The van der Waals surface area contributed by atoms with E-state index in [1.54, 1.807) is 0 Å². The highest BCUT2D eigenvalue weighted by molar-refractivity contribution is 5.85. The van der Waals surface area contributed by atoms with Crippen LogP contribution in [0.15, 0.2) is 12.2 Å². The van der Waals surface area contributed by atoms with Crippen LogP contribution in [0.3, 0.4) is 0 Å². The molecule has 0 aromatic carbocycles. The van der Waals surface area contributed by atoms with Crippen LogP contribution >= 0.6 is 12.4 Å². The monoisotopic (exact) mass is 203 g/mol. The SMILES string of the molecule is C=C1CC2(CCNCC2)OC1C.Cl. The standard InChI is InChI=1S/C10H17NO.ClH/c1-8-7-10(12-9(8)2)3-5-11-6-4-10;/h9,11H,1,3-7H2,2H3;1H. The molecule has 13 heavy (non-hydrogen) atoms. The summed E-state index contributed by atoms with van der Waals surface area (Å²) in [5.74, 6) is 0. The van der Waals surface area contributed by atoms with Crippen LogP contribution in [0.1, 0.15) is 26.2 Å². The highest BCUT2D eigenvalue weighted by atomic mass is 35.5. The van der Waals surface area contributed by atoms with E-state index >= 15 is 0 Å². The third-order valence-electron chi connectivity index (χ3n) is 3.07. The summed E-state index contributed by atoms with van der Waals surface area (Å²) in [5.41, 5.74) is 1.43. The van der Waals surface area contributed by atoms with Crippen LogP contribution in [0.25, 0.3) is 0 Å². The van der Waals surface area contributed by atoms with Gasteiger partial charge >= 0.3 is 0 Å². The molecule has 2 rings (SSSR count). The minimum Gasteiger partial charge on any atom is -0.367 e. The molecule has 1 atom stereocenters. The van der Waals surface area contributed by atoms with Gasteiger partial charge in [0, 0.05) is 0 Å². The lowest BCUT2D eigenvalue weighted by Gasteiger charge is -2.33. The Bertz CT molecular complexity index is 199. The van der Waals surface area contributed by atoms with Crippen LogP contribution in [-0.4, -0.2) is 24.8 Å². The summed E-state index contributed by atoms with van der Waals surface area (Å²) in [4.78, 5) is 0. The van der Waals surface area contributed by atoms with Crippen LogP contribution in [0, 0.1) is 0 Å². The predicted octanol–water partition coefficient (Wildman–Crippen LogP) is 1.90. The molecule has 76 valence electrons. The molecule has 2 aliphatic heterocycles. The van der Waals surface area contributed by atoms with Gasteiger partial charge in [0.15, 0.2) is 0 Å². The van der Waals surface area contributed by atoms with Crippen molar-refractivity contribution in [3.05, 3.63) is 12.2 Å². The molecule has 2 nitrogen and oxygen atoms in total. The number of nitrogens with one attached hydrogen (secondary N) is 1. The Balaban J connectivity index is 0.000000845. The minimum absolute atomic E-state index is 0. The Hall–Kier alpha value is -0.0500. The maximum atomic E-state index is 5.96. The zero-order valence-electron chi connectivity index (χ0n) is 8.14. The number of piperidine rings is 1. The quantitative estimate of drug-likeness (QED) is 0.608. The number of hydrogen-bond donors (Lipinski definition) is 1. The molecule has 0 saturated carbocycles. The first-order chi connectivity index (χ1) is 5.72. The van der Waals surface area contributed by atoms with Gasteiger partial charge in [0.1, 0.15) is 0 Å². The molecular weight excluding hydrogens is 186 g/mol. The zero-order chi connectivity index (χ0) is 8.60. The topological polar surface area (TPSA) is 21.3 Å². The molecule has 3 heteroatoms. The molecule has 1 spiro atoms. The average Bonchev–Trinajstić information content (AvgIpc) is 2.29. The first-order valence-electron chi connectivity index (χ1n) is 4.78. The van der Waals surface area contributed by atoms with E-state index in [2.05, 4.69) is 18.8 Å². The van der Waals surface area contributed by atoms with Crippen molar-refractivity contribution in [1.29, 1.82) is 0 Å². The molecular formula is C10H18ClNO. The minimum atomic E-state index is 0. The molecule has 0 aromatic rings. The van der Waals surface area contributed by atoms with Gasteiger partial charge in [-0.25, -0.2) is 0 Å². The van der Waals surface area contributed by atoms with Crippen molar-refractivity contribution in [2.45, 2.75) is 37.9 Å². The van der Waals surface area contributed by atoms with Crippen molar-refractivity contribution in [2.75, 3.05) is 13.1 Å². The van der Waals surface area contributed by atoms with Gasteiger partial charge in [0.25, 0.3) is 0 Å². The van der Waals surface area contributed by atoms with Gasteiger partial charge in [-0.2, -0.15) is 0 Å². The summed E-state index contributed by atoms with van der Waals surface area (Å²) < 4.78 is 5.96. The maximum Gasteiger partial charge on any atom is 0.0763 e. The second kappa shape index (κ2) is 3.99. The van der Waals surface area contributed by atoms with Gasteiger partial charge in [0.05, 0.1) is 11.7 Å². The summed E-state index contributed by atoms with van der Waals surface area (Å²) in [7, 11) is 0. The third-order valence-corrected chi connectivity index (χ3v) is 3.07. The Morgan fingerprint density at radius 3 is 2.54 bits per heavy atom. The zero-order valence-corrected chi connectivity index (χ0v) is 8.95. The number of halogens is 1. The Kier molecular flexibility index (Phi) is 3.38. The van der Waals surface area contributed by atoms with Crippen molar-refractivity contribution >= 4 is 12.4 Å². The van der Waals surface area contributed by atoms with E-state index in [9.17, 15) is 0 Å². The lowest BCUT2D eigenvalue weighted by Crippen LogP contribution is -2.41. The first-order valence-corrected chi connectivity index (χ1v) is 4.78. The smallest absolute Gasteiger partial charge is 0.0763 e. The lowest BCUT2D eigenvalue weighted by atomic mass is 9.88. The number of hydrogen-bond acceptors (Lipinski definition) is 2. The fourth-order valence-corrected chi connectivity index (χ4v) is 2.23. The molecule has 2 aliphatic rings. The van der Waals surface area contributed by atoms with Gasteiger partial charge in [0.2, 0.25) is 0 Å². The van der Waals surface area contributed by atoms with E-state index in [1.165, 1.54) is 5.57 Å². The van der Waals surface area contributed by atoms with Crippen molar-refractivity contribution in [3.8, 4) is 0 Å². The van der Waals surface area contributed by atoms with Crippen molar-refractivity contribution in [1.82, 2.24) is 5.32 Å². The summed E-state index contributed by atoms with van der Waals surface area (Å²) in [6.45, 7) is 8.34. The van der Waals surface area contributed by atoms with Gasteiger partial charge in [-0.05, 0) is 44.8 Å². The van der Waals surface area contributed by atoms with E-state index in [4.69, 9.17) is 4.74 Å². The van der Waals surface area contributed by atoms with Crippen molar-refractivity contribution in [3.63, 3.8) is 0 Å². The largest absolute Gasteiger partial charge is 0.367 e. The molecule has 0 radical (unpaired) electrons. The fraction of sp³-hybridized carbons (Fsp3) is 0.800. The van der Waals surface area contributed by atoms with Crippen LogP contribution in [0.2, 0.25) is 0 Å². The van der Waals surface area contributed by atoms with Gasteiger partial charge < -0.3 is 10.1 Å². The van der Waals surface area contributed by atoms with Gasteiger partial charge in [-0.3, -0.25) is 0 Å². The van der Waals surface area contributed by atoms with E-state index in [0.717, 1.165) is 32.4 Å². The van der Waals surface area contributed by atoms with Crippen molar-refractivity contribution in [2.24, 2.45) is 0 Å². The molecule has 0 bridgehead atoms. The summed E-state index contributed by atoms with van der Waals surface area (Å²) >= 11 is 0. The molecule has 0 amide bonds. The fourth-order valence-electron chi connectivity index (χ4n) is 2.23. The summed E-state index contributed by atoms with van der Waals surface area (Å²) in [6, 6.07) is 0. The van der Waals surface area contributed by atoms with Crippen LogP contribution < -0.4 is 5.32 Å². The molecule has 1 unspecified atom stereocenters. The molecule has 2 fully saturated rings. The molecule has 1 N–H and O–H groups in total. The molecule has 2 heterocycles. The number of rotatable bonds is 0. The lowest BCUT2D eigenvalue weighted by molar-refractivity contribution is -0.0507. The predicted molar refractivity (Wildman–Crippen MR) is 56.4 cm³/mol. The van der Waals surface area contributed by atoms with Crippen LogP contribution in [0.4, 0.5) is 0 Å². The average molecular weight is 204 g/mol.